The lowest BCUT2D eigenvalue weighted by molar-refractivity contribution is -0.122. The average molecular weight is 468 g/mol. The molecule has 0 radical (unpaired) electrons. The molecule has 0 bridgehead atoms. The van der Waals surface area contributed by atoms with E-state index < -0.39 is 0 Å². The quantitative estimate of drug-likeness (QED) is 0.230. The molecule has 5 rings (SSSR count). The first-order chi connectivity index (χ1) is 16.2. The number of hydrogen-bond donors (Lipinski definition) is 0. The zero-order valence-corrected chi connectivity index (χ0v) is 19.4. The van der Waals surface area contributed by atoms with E-state index in [1.54, 1.807) is 4.90 Å². The van der Waals surface area contributed by atoms with Crippen molar-refractivity contribution in [2.75, 3.05) is 0 Å². The number of para-hydroxylation sites is 1. The number of hydrogen-bond acceptors (Lipinski definition) is 4. The summed E-state index contributed by atoms with van der Waals surface area (Å²) in [6.07, 6.45) is 1.88. The second-order valence-corrected chi connectivity index (χ2v) is 9.39. The van der Waals surface area contributed by atoms with E-state index in [0.29, 0.717) is 22.4 Å². The number of amides is 1. The van der Waals surface area contributed by atoms with Crippen molar-refractivity contribution >= 4 is 51.1 Å². The number of thiocarbonyl (C=S) groups is 1. The van der Waals surface area contributed by atoms with Crippen LogP contribution >= 0.6 is 24.0 Å². The fraction of sp³-hybridized carbons (Fsp3) is 0.0714. The SMILES string of the molecule is O=C1/C(=C\c2ccccc2OCc2cccc3ccccc23)SC(=S)N1Cc1ccccc1. The minimum absolute atomic E-state index is 0.0716. The second kappa shape index (κ2) is 9.61. The molecule has 5 heteroatoms. The molecule has 0 saturated carbocycles. The molecular weight excluding hydrogens is 446 g/mol. The molecule has 0 unspecified atom stereocenters. The van der Waals surface area contributed by atoms with Crippen LogP contribution in [0.2, 0.25) is 0 Å². The first-order valence-corrected chi connectivity index (χ1v) is 11.9. The molecule has 0 spiro atoms. The largest absolute Gasteiger partial charge is 0.488 e. The first kappa shape index (κ1) is 21.4. The number of rotatable bonds is 6. The molecule has 1 heterocycles. The van der Waals surface area contributed by atoms with Crippen LogP contribution in [0.4, 0.5) is 0 Å². The molecule has 1 aliphatic heterocycles. The number of thioether (sulfide) groups is 1. The summed E-state index contributed by atoms with van der Waals surface area (Å²) in [7, 11) is 0. The highest BCUT2D eigenvalue weighted by atomic mass is 32.2. The Morgan fingerprint density at radius 3 is 2.45 bits per heavy atom. The van der Waals surface area contributed by atoms with Gasteiger partial charge in [-0.1, -0.05) is 115 Å². The third-order valence-electron chi connectivity index (χ3n) is 5.53. The molecule has 0 aromatic heterocycles. The minimum Gasteiger partial charge on any atom is -0.488 e. The first-order valence-electron chi connectivity index (χ1n) is 10.7. The molecular formula is C28H21NO2S2. The number of carbonyl (C=O) groups is 1. The summed E-state index contributed by atoms with van der Waals surface area (Å²) in [6, 6.07) is 32.2. The van der Waals surface area contributed by atoms with Gasteiger partial charge in [0.2, 0.25) is 0 Å². The summed E-state index contributed by atoms with van der Waals surface area (Å²) in [5.41, 5.74) is 3.03. The highest BCUT2D eigenvalue weighted by Crippen LogP contribution is 2.35. The van der Waals surface area contributed by atoms with E-state index in [2.05, 4.69) is 24.3 Å². The molecule has 1 aliphatic rings. The molecule has 4 aromatic rings. The average Bonchev–Trinajstić information content (AvgIpc) is 3.11. The van der Waals surface area contributed by atoms with Gasteiger partial charge >= 0.3 is 0 Å². The number of nitrogens with zero attached hydrogens (tertiary/aromatic N) is 1. The van der Waals surface area contributed by atoms with Crippen LogP contribution in [0.25, 0.3) is 16.8 Å². The molecule has 0 N–H and O–H groups in total. The summed E-state index contributed by atoms with van der Waals surface area (Å²) in [5, 5.41) is 2.37. The van der Waals surface area contributed by atoms with E-state index in [1.807, 2.05) is 78.9 Å². The summed E-state index contributed by atoms with van der Waals surface area (Å²) in [6.45, 7) is 0.920. The van der Waals surface area contributed by atoms with Gasteiger partial charge in [0.25, 0.3) is 5.91 Å². The molecule has 4 aromatic carbocycles. The van der Waals surface area contributed by atoms with Gasteiger partial charge in [0, 0.05) is 5.56 Å². The van der Waals surface area contributed by atoms with Crippen molar-refractivity contribution in [2.45, 2.75) is 13.2 Å². The third-order valence-corrected chi connectivity index (χ3v) is 6.90. The van der Waals surface area contributed by atoms with Crippen LogP contribution in [-0.2, 0) is 17.9 Å². The van der Waals surface area contributed by atoms with Crippen molar-refractivity contribution in [1.29, 1.82) is 0 Å². The molecule has 1 saturated heterocycles. The monoisotopic (exact) mass is 467 g/mol. The van der Waals surface area contributed by atoms with Crippen molar-refractivity contribution in [2.24, 2.45) is 0 Å². The van der Waals surface area contributed by atoms with Gasteiger partial charge in [-0.05, 0) is 34.0 Å². The Morgan fingerprint density at radius 1 is 0.848 bits per heavy atom. The smallest absolute Gasteiger partial charge is 0.266 e. The van der Waals surface area contributed by atoms with Gasteiger partial charge in [0.05, 0.1) is 11.4 Å². The summed E-state index contributed by atoms with van der Waals surface area (Å²) < 4.78 is 6.79. The highest BCUT2D eigenvalue weighted by molar-refractivity contribution is 8.26. The van der Waals surface area contributed by atoms with Gasteiger partial charge in [-0.3, -0.25) is 9.69 Å². The summed E-state index contributed by atoms with van der Waals surface area (Å²) in [4.78, 5) is 15.3. The Kier molecular flexibility index (Phi) is 6.24. The van der Waals surface area contributed by atoms with E-state index in [-0.39, 0.29) is 5.91 Å². The number of benzene rings is 4. The Hall–Kier alpha value is -3.41. The molecule has 162 valence electrons. The zero-order valence-electron chi connectivity index (χ0n) is 17.8. The molecule has 3 nitrogen and oxygen atoms in total. The van der Waals surface area contributed by atoms with Crippen molar-refractivity contribution in [1.82, 2.24) is 4.90 Å². The van der Waals surface area contributed by atoms with Crippen LogP contribution in [0.5, 0.6) is 5.75 Å². The molecule has 33 heavy (non-hydrogen) atoms. The second-order valence-electron chi connectivity index (χ2n) is 7.72. The van der Waals surface area contributed by atoms with Gasteiger partial charge in [-0.2, -0.15) is 0 Å². The fourth-order valence-corrected chi connectivity index (χ4v) is 5.09. The fourth-order valence-electron chi connectivity index (χ4n) is 3.85. The predicted molar refractivity (Wildman–Crippen MR) is 140 cm³/mol. The molecule has 0 aliphatic carbocycles. The van der Waals surface area contributed by atoms with E-state index in [9.17, 15) is 4.79 Å². The Bertz CT molecular complexity index is 1360. The molecule has 0 atom stereocenters. The van der Waals surface area contributed by atoms with E-state index in [1.165, 1.54) is 22.5 Å². The van der Waals surface area contributed by atoms with Crippen LogP contribution in [0.3, 0.4) is 0 Å². The van der Waals surface area contributed by atoms with Crippen LogP contribution in [0, 0.1) is 0 Å². The minimum atomic E-state index is -0.0716. The number of fused-ring (bicyclic) bond motifs is 1. The van der Waals surface area contributed by atoms with E-state index in [4.69, 9.17) is 17.0 Å². The van der Waals surface area contributed by atoms with Crippen LogP contribution in [0.1, 0.15) is 16.7 Å². The van der Waals surface area contributed by atoms with Gasteiger partial charge in [0.1, 0.15) is 16.7 Å². The van der Waals surface area contributed by atoms with Crippen LogP contribution < -0.4 is 4.74 Å². The van der Waals surface area contributed by atoms with E-state index >= 15 is 0 Å². The lowest BCUT2D eigenvalue weighted by Crippen LogP contribution is -2.27. The van der Waals surface area contributed by atoms with Crippen LogP contribution in [-0.4, -0.2) is 15.1 Å². The lowest BCUT2D eigenvalue weighted by atomic mass is 10.1. The maximum atomic E-state index is 13.1. The normalized spacial score (nSPS) is 14.9. The maximum Gasteiger partial charge on any atom is 0.266 e. The van der Waals surface area contributed by atoms with Crippen molar-refractivity contribution in [3.05, 3.63) is 119 Å². The van der Waals surface area contributed by atoms with Crippen molar-refractivity contribution in [3.63, 3.8) is 0 Å². The topological polar surface area (TPSA) is 29.5 Å². The number of ether oxygens (including phenoxy) is 1. The van der Waals surface area contributed by atoms with Gasteiger partial charge in [-0.25, -0.2) is 0 Å². The van der Waals surface area contributed by atoms with Gasteiger partial charge in [0.15, 0.2) is 0 Å². The van der Waals surface area contributed by atoms with Crippen molar-refractivity contribution < 1.29 is 9.53 Å². The summed E-state index contributed by atoms with van der Waals surface area (Å²) in [5.74, 6) is 0.663. The van der Waals surface area contributed by atoms with Crippen molar-refractivity contribution in [3.8, 4) is 5.75 Å². The van der Waals surface area contributed by atoms with Gasteiger partial charge < -0.3 is 4.74 Å². The molecule has 1 fully saturated rings. The van der Waals surface area contributed by atoms with Gasteiger partial charge in [-0.15, -0.1) is 0 Å². The predicted octanol–water partition coefficient (Wildman–Crippen LogP) is 6.82. The Labute approximate surface area is 202 Å². The van der Waals surface area contributed by atoms with Crippen LogP contribution in [0.15, 0.2) is 102 Å². The Morgan fingerprint density at radius 2 is 1.58 bits per heavy atom. The standard InChI is InChI=1S/C28H21NO2S2/c30-27-26(33-28(32)29(27)18-20-9-2-1-3-10-20)17-22-12-5-7-16-25(22)31-19-23-14-8-13-21-11-4-6-15-24(21)23/h1-17H,18-19H2/b26-17+. The third kappa shape index (κ3) is 4.70. The maximum absolute atomic E-state index is 13.1. The number of carbonyl (C=O) groups excluding carboxylic acids is 1. The lowest BCUT2D eigenvalue weighted by Gasteiger charge is -2.14. The summed E-state index contributed by atoms with van der Waals surface area (Å²) >= 11 is 6.83. The molecule has 1 amide bonds. The van der Waals surface area contributed by atoms with E-state index in [0.717, 1.165) is 22.4 Å². The zero-order chi connectivity index (χ0) is 22.6. The Balaban J connectivity index is 1.36. The highest BCUT2D eigenvalue weighted by Gasteiger charge is 2.32.